The minimum absolute atomic E-state index is 0.518. The number of anilines is 1. The van der Waals surface area contributed by atoms with E-state index in [0.717, 1.165) is 15.8 Å². The summed E-state index contributed by atoms with van der Waals surface area (Å²) in [6, 6.07) is 7.73. The molecular weight excluding hydrogens is 196 g/mol. The van der Waals surface area contributed by atoms with Gasteiger partial charge in [-0.05, 0) is 12.1 Å². The molecule has 1 heterocycles. The van der Waals surface area contributed by atoms with Crippen molar-refractivity contribution in [3.05, 3.63) is 23.1 Å². The Morgan fingerprint density at radius 3 is 2.93 bits per heavy atom. The smallest absolute Gasteiger partial charge is 0.129 e. The predicted octanol–water partition coefficient (Wildman–Crippen LogP) is 2.36. The third-order valence-electron chi connectivity index (χ3n) is 2.04. The van der Waals surface area contributed by atoms with Crippen molar-refractivity contribution in [2.45, 2.75) is 0 Å². The van der Waals surface area contributed by atoms with E-state index in [1.54, 1.807) is 7.11 Å². The number of fused-ring (bicyclic) bond motifs is 1. The highest BCUT2D eigenvalue weighted by molar-refractivity contribution is 7.20. The van der Waals surface area contributed by atoms with Crippen molar-refractivity contribution in [1.29, 1.82) is 5.26 Å². The van der Waals surface area contributed by atoms with Crippen LogP contribution in [0.4, 0.5) is 5.69 Å². The van der Waals surface area contributed by atoms with Gasteiger partial charge < -0.3 is 10.5 Å². The number of thiophene rings is 1. The van der Waals surface area contributed by atoms with Crippen LogP contribution in [0, 0.1) is 11.3 Å². The molecule has 0 radical (unpaired) electrons. The molecule has 14 heavy (non-hydrogen) atoms. The van der Waals surface area contributed by atoms with Crippen molar-refractivity contribution in [3.8, 4) is 11.8 Å². The van der Waals surface area contributed by atoms with Crippen molar-refractivity contribution in [1.82, 2.24) is 0 Å². The maximum atomic E-state index is 8.82. The summed E-state index contributed by atoms with van der Waals surface area (Å²) in [6.45, 7) is 0. The first-order chi connectivity index (χ1) is 6.77. The number of ether oxygens (including phenoxy) is 1. The normalized spacial score (nSPS) is 10.0. The Hall–Kier alpha value is -1.73. The molecule has 1 aromatic heterocycles. The number of nitriles is 1. The van der Waals surface area contributed by atoms with E-state index in [1.165, 1.54) is 11.3 Å². The highest BCUT2D eigenvalue weighted by Crippen LogP contribution is 2.38. The largest absolute Gasteiger partial charge is 0.496 e. The second-order valence-corrected chi connectivity index (χ2v) is 3.84. The second kappa shape index (κ2) is 3.20. The van der Waals surface area contributed by atoms with Gasteiger partial charge in [-0.15, -0.1) is 11.3 Å². The van der Waals surface area contributed by atoms with Gasteiger partial charge >= 0.3 is 0 Å². The predicted molar refractivity (Wildman–Crippen MR) is 57.5 cm³/mol. The quantitative estimate of drug-likeness (QED) is 0.775. The number of nitrogen functional groups attached to an aromatic ring is 1. The lowest BCUT2D eigenvalue weighted by Gasteiger charge is -2.01. The fourth-order valence-electron chi connectivity index (χ4n) is 1.39. The topological polar surface area (TPSA) is 59.0 Å². The monoisotopic (exact) mass is 204 g/mol. The van der Waals surface area contributed by atoms with E-state index in [4.69, 9.17) is 15.7 Å². The Bertz CT molecular complexity index is 525. The zero-order chi connectivity index (χ0) is 10.1. The van der Waals surface area contributed by atoms with Crippen molar-refractivity contribution < 1.29 is 4.74 Å². The lowest BCUT2D eigenvalue weighted by Crippen LogP contribution is -1.88. The van der Waals surface area contributed by atoms with Gasteiger partial charge in [0, 0.05) is 4.70 Å². The fraction of sp³-hybridized carbons (Fsp3) is 0.100. The van der Waals surface area contributed by atoms with E-state index < -0.39 is 0 Å². The Kier molecular flexibility index (Phi) is 2.02. The molecule has 1 aromatic carbocycles. The highest BCUT2D eigenvalue weighted by atomic mass is 32.1. The Morgan fingerprint density at radius 2 is 2.29 bits per heavy atom. The fourth-order valence-corrected chi connectivity index (χ4v) is 2.33. The molecule has 0 spiro atoms. The number of benzene rings is 1. The number of nitrogens with two attached hydrogens (primary N) is 1. The van der Waals surface area contributed by atoms with Crippen molar-refractivity contribution in [3.63, 3.8) is 0 Å². The molecule has 0 atom stereocenters. The maximum Gasteiger partial charge on any atom is 0.129 e. The molecular formula is C10H8N2OS. The third kappa shape index (κ3) is 1.10. The first-order valence-electron chi connectivity index (χ1n) is 4.03. The molecule has 2 rings (SSSR count). The molecule has 70 valence electrons. The summed E-state index contributed by atoms with van der Waals surface area (Å²) in [5.41, 5.74) is 6.35. The number of rotatable bonds is 1. The zero-order valence-corrected chi connectivity index (χ0v) is 8.39. The highest BCUT2D eigenvalue weighted by Gasteiger charge is 2.12. The summed E-state index contributed by atoms with van der Waals surface area (Å²) in [5, 5.41) is 9.67. The molecule has 3 nitrogen and oxygen atoms in total. The molecule has 0 saturated heterocycles. The van der Waals surface area contributed by atoms with Crippen molar-refractivity contribution in [2.75, 3.05) is 12.8 Å². The Labute approximate surface area is 85.3 Å². The molecule has 4 heteroatoms. The second-order valence-electron chi connectivity index (χ2n) is 2.79. The van der Waals surface area contributed by atoms with E-state index in [1.807, 2.05) is 18.2 Å². The molecule has 2 aromatic rings. The van der Waals surface area contributed by atoms with E-state index >= 15 is 0 Å². The standard InChI is InChI=1S/C10H8N2OS/c1-13-6-3-2-4-7-9(6)10(12)8(5-11)14-7/h2-4H,12H2,1H3. The molecule has 0 amide bonds. The SMILES string of the molecule is COc1cccc2sc(C#N)c(N)c12. The molecule has 0 aliphatic rings. The third-order valence-corrected chi connectivity index (χ3v) is 3.11. The molecule has 0 aliphatic heterocycles. The summed E-state index contributed by atoms with van der Waals surface area (Å²) in [5.74, 6) is 0.720. The van der Waals surface area contributed by atoms with Gasteiger partial charge in [-0.25, -0.2) is 0 Å². The molecule has 2 N–H and O–H groups in total. The summed E-state index contributed by atoms with van der Waals surface area (Å²) >= 11 is 1.39. The lowest BCUT2D eigenvalue weighted by molar-refractivity contribution is 0.420. The van der Waals surface area contributed by atoms with E-state index in [2.05, 4.69) is 6.07 Å². The molecule has 0 bridgehead atoms. The van der Waals surface area contributed by atoms with Crippen LogP contribution in [-0.2, 0) is 0 Å². The first kappa shape index (κ1) is 8.85. The van der Waals surface area contributed by atoms with Gasteiger partial charge in [-0.1, -0.05) is 6.07 Å². The van der Waals surface area contributed by atoms with E-state index in [-0.39, 0.29) is 0 Å². The van der Waals surface area contributed by atoms with Crippen LogP contribution in [0.3, 0.4) is 0 Å². The van der Waals surface area contributed by atoms with E-state index in [9.17, 15) is 0 Å². The van der Waals surface area contributed by atoms with Crippen LogP contribution >= 0.6 is 11.3 Å². The van der Waals surface area contributed by atoms with E-state index in [0.29, 0.717) is 10.6 Å². The summed E-state index contributed by atoms with van der Waals surface area (Å²) in [4.78, 5) is 0.546. The minimum Gasteiger partial charge on any atom is -0.496 e. The van der Waals surface area contributed by atoms with Crippen LogP contribution in [0.25, 0.3) is 10.1 Å². The Balaban J connectivity index is 2.87. The van der Waals surface area contributed by atoms with Gasteiger partial charge in [0.1, 0.15) is 16.7 Å². The lowest BCUT2D eigenvalue weighted by atomic mass is 10.2. The van der Waals surface area contributed by atoms with Gasteiger partial charge in [0.25, 0.3) is 0 Å². The van der Waals surface area contributed by atoms with Crippen LogP contribution in [-0.4, -0.2) is 7.11 Å². The average molecular weight is 204 g/mol. The number of hydrogen-bond donors (Lipinski definition) is 1. The van der Waals surface area contributed by atoms with Crippen LogP contribution in [0.2, 0.25) is 0 Å². The number of hydrogen-bond acceptors (Lipinski definition) is 4. The van der Waals surface area contributed by atoms with Gasteiger partial charge in [-0.2, -0.15) is 5.26 Å². The van der Waals surface area contributed by atoms with Crippen molar-refractivity contribution >= 4 is 27.1 Å². The summed E-state index contributed by atoms with van der Waals surface area (Å²) in [7, 11) is 1.60. The van der Waals surface area contributed by atoms with Gasteiger partial charge in [0.2, 0.25) is 0 Å². The van der Waals surface area contributed by atoms with Crippen LogP contribution in [0.1, 0.15) is 4.88 Å². The molecule has 0 unspecified atom stereocenters. The van der Waals surface area contributed by atoms with Crippen LogP contribution in [0.15, 0.2) is 18.2 Å². The zero-order valence-electron chi connectivity index (χ0n) is 7.57. The summed E-state index contributed by atoms with van der Waals surface area (Å²) in [6.07, 6.45) is 0. The van der Waals surface area contributed by atoms with Gasteiger partial charge in [0.15, 0.2) is 0 Å². The van der Waals surface area contributed by atoms with Gasteiger partial charge in [-0.3, -0.25) is 0 Å². The molecule has 0 fully saturated rings. The summed E-state index contributed by atoms with van der Waals surface area (Å²) < 4.78 is 6.17. The minimum atomic E-state index is 0.518. The molecule has 0 aliphatic carbocycles. The van der Waals surface area contributed by atoms with Crippen LogP contribution < -0.4 is 10.5 Å². The molecule has 0 saturated carbocycles. The van der Waals surface area contributed by atoms with Crippen molar-refractivity contribution in [2.24, 2.45) is 0 Å². The Morgan fingerprint density at radius 1 is 1.50 bits per heavy atom. The average Bonchev–Trinajstić information content (AvgIpc) is 2.55. The maximum absolute atomic E-state index is 8.82. The number of methoxy groups -OCH3 is 1. The first-order valence-corrected chi connectivity index (χ1v) is 4.84. The van der Waals surface area contributed by atoms with Gasteiger partial charge in [0.05, 0.1) is 18.2 Å². The number of nitrogens with zero attached hydrogens (tertiary/aromatic N) is 1. The van der Waals surface area contributed by atoms with Crippen LogP contribution in [0.5, 0.6) is 5.75 Å².